The largest absolute Gasteiger partial charge is 0.481 e. The lowest BCUT2D eigenvalue weighted by atomic mass is 9.94. The summed E-state index contributed by atoms with van der Waals surface area (Å²) in [5.74, 6) is -2.51. The molecule has 2 aromatic heterocycles. The number of nitrogens with zero attached hydrogens (tertiary/aromatic N) is 2. The van der Waals surface area contributed by atoms with Crippen molar-refractivity contribution in [2.75, 3.05) is 7.11 Å². The summed E-state index contributed by atoms with van der Waals surface area (Å²) in [6.45, 7) is 7.38. The van der Waals surface area contributed by atoms with Crippen LogP contribution in [-0.2, 0) is 12.3 Å². The molecule has 36 heavy (non-hydrogen) atoms. The molecule has 0 bridgehead atoms. The summed E-state index contributed by atoms with van der Waals surface area (Å²) in [6.07, 6.45) is 1.90. The van der Waals surface area contributed by atoms with Gasteiger partial charge in [0.15, 0.2) is 0 Å². The first-order valence-corrected chi connectivity index (χ1v) is 11.8. The number of benzene rings is 2. The van der Waals surface area contributed by atoms with Crippen LogP contribution in [0, 0.1) is 20.8 Å². The molecule has 0 spiro atoms. The molecule has 0 saturated carbocycles. The maximum absolute atomic E-state index is 14.2. The molecule has 0 saturated heterocycles. The summed E-state index contributed by atoms with van der Waals surface area (Å²) in [5.41, 5.74) is 6.60. The summed E-state index contributed by atoms with van der Waals surface area (Å²) in [4.78, 5) is 9.16. The van der Waals surface area contributed by atoms with Crippen LogP contribution < -0.4 is 4.74 Å². The average Bonchev–Trinajstić information content (AvgIpc) is 2.85. The van der Waals surface area contributed by atoms with Crippen molar-refractivity contribution in [2.24, 2.45) is 0 Å². The lowest BCUT2D eigenvalue weighted by Crippen LogP contribution is -2.09. The molecular weight excluding hydrogens is 458 g/mol. The van der Waals surface area contributed by atoms with Gasteiger partial charge in [-0.25, -0.2) is 4.98 Å². The van der Waals surface area contributed by atoms with Crippen molar-refractivity contribution < 1.29 is 18.6 Å². The van der Waals surface area contributed by atoms with E-state index >= 15 is 0 Å². The second kappa shape index (κ2) is 10.2. The average molecular weight is 489 g/mol. The number of alkyl halides is 2. The number of allylic oxidation sites excluding steroid dienone is 2. The fraction of sp³-hybridized carbons (Fsp3) is 0.267. The van der Waals surface area contributed by atoms with Crippen LogP contribution in [0.25, 0.3) is 10.9 Å². The summed E-state index contributed by atoms with van der Waals surface area (Å²) in [6, 6.07) is 15.8. The number of methoxy groups -OCH3 is 1. The zero-order chi connectivity index (χ0) is 26.0. The third-order valence-electron chi connectivity index (χ3n) is 6.52. The topological polar surface area (TPSA) is 55.2 Å². The molecule has 4 nitrogen and oxygen atoms in total. The van der Waals surface area contributed by atoms with Gasteiger partial charge in [-0.3, -0.25) is 4.98 Å². The smallest absolute Gasteiger partial charge is 0.291 e. The van der Waals surface area contributed by atoms with E-state index in [0.29, 0.717) is 12.3 Å². The summed E-state index contributed by atoms with van der Waals surface area (Å²) in [7, 11) is 1.57. The predicted molar refractivity (Wildman–Crippen MR) is 139 cm³/mol. The van der Waals surface area contributed by atoms with Gasteiger partial charge in [-0.05, 0) is 68.7 Å². The van der Waals surface area contributed by atoms with Crippen molar-refractivity contribution in [3.63, 3.8) is 0 Å². The Balaban J connectivity index is 1.72. The third kappa shape index (κ3) is 5.00. The fourth-order valence-corrected chi connectivity index (χ4v) is 4.52. The van der Waals surface area contributed by atoms with Gasteiger partial charge in [-0.1, -0.05) is 42.5 Å². The van der Waals surface area contributed by atoms with Crippen LogP contribution >= 0.6 is 0 Å². The van der Waals surface area contributed by atoms with E-state index in [1.165, 1.54) is 18.2 Å². The van der Waals surface area contributed by atoms with Crippen LogP contribution in [0.3, 0.4) is 0 Å². The molecule has 186 valence electrons. The molecule has 4 rings (SSSR count). The van der Waals surface area contributed by atoms with Gasteiger partial charge in [0.05, 0.1) is 12.6 Å². The SMILES string of the molecule is C/C=C/C(F)(F)c1ccc(Cc2c(OC)nc3ccc(C(O)c4ccc(C)nc4C)cc3c2C)cc1. The van der Waals surface area contributed by atoms with E-state index in [2.05, 4.69) is 9.97 Å². The minimum absolute atomic E-state index is 0.0517. The van der Waals surface area contributed by atoms with Gasteiger partial charge in [0.2, 0.25) is 5.88 Å². The van der Waals surface area contributed by atoms with Crippen molar-refractivity contribution >= 4 is 10.9 Å². The van der Waals surface area contributed by atoms with E-state index in [1.807, 2.05) is 51.1 Å². The number of aliphatic hydroxyl groups excluding tert-OH is 1. The minimum Gasteiger partial charge on any atom is -0.481 e. The van der Waals surface area contributed by atoms with Crippen LogP contribution in [0.5, 0.6) is 5.88 Å². The number of fused-ring (bicyclic) bond motifs is 1. The van der Waals surface area contributed by atoms with Crippen LogP contribution in [0.15, 0.2) is 66.7 Å². The molecule has 1 unspecified atom stereocenters. The van der Waals surface area contributed by atoms with Crippen molar-refractivity contribution in [3.8, 4) is 5.88 Å². The number of aryl methyl sites for hydroxylation is 3. The van der Waals surface area contributed by atoms with Gasteiger partial charge in [-0.15, -0.1) is 0 Å². The molecule has 2 heterocycles. The molecule has 0 fully saturated rings. The number of ether oxygens (including phenoxy) is 1. The van der Waals surface area contributed by atoms with Crippen molar-refractivity contribution in [3.05, 3.63) is 112 Å². The van der Waals surface area contributed by atoms with Crippen molar-refractivity contribution in [1.82, 2.24) is 9.97 Å². The van der Waals surface area contributed by atoms with Gasteiger partial charge >= 0.3 is 0 Å². The fourth-order valence-electron chi connectivity index (χ4n) is 4.52. The quantitative estimate of drug-likeness (QED) is 0.287. The molecule has 1 atom stereocenters. The Morgan fingerprint density at radius 3 is 2.36 bits per heavy atom. The highest BCUT2D eigenvalue weighted by atomic mass is 19.3. The number of halogens is 2. The molecular formula is C30H30F2N2O2. The Bertz CT molecular complexity index is 1430. The predicted octanol–water partition coefficient (Wildman–Crippen LogP) is 6.90. The standard InChI is InChI=1S/C30H30F2N2O2/c1-6-15-30(31,32)23-11-8-21(9-12-23)16-26-19(3)25-17-22(10-14-27(25)34-29(26)36-5)28(35)24-13-7-18(2)33-20(24)4/h6-15,17,28,35H,16H2,1-5H3/b15-6+. The monoisotopic (exact) mass is 488 g/mol. The summed E-state index contributed by atoms with van der Waals surface area (Å²) < 4.78 is 34.0. The van der Waals surface area contributed by atoms with Gasteiger partial charge in [-0.2, -0.15) is 8.78 Å². The Hall–Kier alpha value is -3.64. The highest BCUT2D eigenvalue weighted by Crippen LogP contribution is 2.34. The Kier molecular flexibility index (Phi) is 7.18. The Labute approximate surface area is 210 Å². The minimum atomic E-state index is -3.01. The molecule has 0 radical (unpaired) electrons. The summed E-state index contributed by atoms with van der Waals surface area (Å²) in [5, 5.41) is 12.0. The van der Waals surface area contributed by atoms with E-state index in [4.69, 9.17) is 4.74 Å². The molecule has 0 aliphatic heterocycles. The molecule has 4 aromatic rings. The van der Waals surface area contributed by atoms with Crippen LogP contribution in [0.4, 0.5) is 8.78 Å². The van der Waals surface area contributed by atoms with E-state index in [0.717, 1.165) is 56.2 Å². The lowest BCUT2D eigenvalue weighted by Gasteiger charge is -2.18. The highest BCUT2D eigenvalue weighted by molar-refractivity contribution is 5.85. The zero-order valence-corrected chi connectivity index (χ0v) is 21.1. The first-order chi connectivity index (χ1) is 17.1. The number of pyridine rings is 2. The summed E-state index contributed by atoms with van der Waals surface area (Å²) >= 11 is 0. The number of hydrogen-bond acceptors (Lipinski definition) is 4. The molecule has 2 aromatic carbocycles. The molecule has 1 N–H and O–H groups in total. The normalized spacial score (nSPS) is 12.9. The van der Waals surface area contributed by atoms with Gasteiger partial charge in [0, 0.05) is 39.9 Å². The van der Waals surface area contributed by atoms with Crippen molar-refractivity contribution in [1.29, 1.82) is 0 Å². The maximum atomic E-state index is 14.2. The third-order valence-corrected chi connectivity index (χ3v) is 6.52. The lowest BCUT2D eigenvalue weighted by molar-refractivity contribution is 0.0520. The second-order valence-electron chi connectivity index (χ2n) is 9.03. The maximum Gasteiger partial charge on any atom is 0.291 e. The molecule has 0 amide bonds. The van der Waals surface area contributed by atoms with E-state index in [1.54, 1.807) is 26.2 Å². The molecule has 6 heteroatoms. The number of rotatable bonds is 7. The molecule has 0 aliphatic carbocycles. The van der Waals surface area contributed by atoms with E-state index in [9.17, 15) is 13.9 Å². The van der Waals surface area contributed by atoms with Crippen LogP contribution in [0.2, 0.25) is 0 Å². The van der Waals surface area contributed by atoms with Gasteiger partial charge in [0.25, 0.3) is 5.92 Å². The van der Waals surface area contributed by atoms with Crippen LogP contribution in [0.1, 0.15) is 57.8 Å². The first kappa shape index (κ1) is 25.5. The Morgan fingerprint density at radius 2 is 1.72 bits per heavy atom. The van der Waals surface area contributed by atoms with E-state index < -0.39 is 12.0 Å². The van der Waals surface area contributed by atoms with Crippen LogP contribution in [-0.4, -0.2) is 22.2 Å². The van der Waals surface area contributed by atoms with Gasteiger partial charge in [0.1, 0.15) is 6.10 Å². The number of hydrogen-bond donors (Lipinski definition) is 1. The van der Waals surface area contributed by atoms with E-state index in [-0.39, 0.29) is 5.56 Å². The molecule has 0 aliphatic rings. The number of aliphatic hydroxyl groups is 1. The first-order valence-electron chi connectivity index (χ1n) is 11.8. The van der Waals surface area contributed by atoms with Gasteiger partial charge < -0.3 is 9.84 Å². The van der Waals surface area contributed by atoms with Crippen molar-refractivity contribution in [2.45, 2.75) is 46.1 Å². The highest BCUT2D eigenvalue weighted by Gasteiger charge is 2.27. The zero-order valence-electron chi connectivity index (χ0n) is 21.1. The Morgan fingerprint density at radius 1 is 1.00 bits per heavy atom. The number of aromatic nitrogens is 2. The second-order valence-corrected chi connectivity index (χ2v) is 9.03.